The smallest absolute Gasteiger partial charge is 0.410 e. The molecule has 0 aliphatic carbocycles. The van der Waals surface area contributed by atoms with Gasteiger partial charge in [0.2, 0.25) is 35.8 Å². The second kappa shape index (κ2) is 31.1. The van der Waals surface area contributed by atoms with Gasteiger partial charge in [-0.2, -0.15) is 0 Å². The highest BCUT2D eigenvalue weighted by Crippen LogP contribution is 2.33. The molecule has 2 aliphatic rings. The van der Waals surface area contributed by atoms with Gasteiger partial charge in [0.1, 0.15) is 48.8 Å². The first-order valence-corrected chi connectivity index (χ1v) is 27.3. The summed E-state index contributed by atoms with van der Waals surface area (Å²) in [4.78, 5) is 112. The molecule has 14 atom stereocenters. The third-order valence-corrected chi connectivity index (χ3v) is 15.1. The maximum Gasteiger partial charge on any atom is 0.410 e. The molecule has 4 rings (SSSR count). The molecule has 25 heteroatoms. The zero-order valence-electron chi connectivity index (χ0n) is 48.2. The molecular formula is C56H85N7O18. The van der Waals surface area contributed by atoms with E-state index in [1.807, 2.05) is 19.9 Å². The lowest BCUT2D eigenvalue weighted by atomic mass is 9.89. The van der Waals surface area contributed by atoms with Crippen LogP contribution in [0.3, 0.4) is 0 Å². The van der Waals surface area contributed by atoms with Gasteiger partial charge in [0.15, 0.2) is 6.10 Å². The molecule has 0 spiro atoms. The average molecular weight is 1140 g/mol. The van der Waals surface area contributed by atoms with Crippen molar-refractivity contribution in [3.63, 3.8) is 0 Å². The SMILES string of the molecule is CC[C@H](C)[C@@H]([C@@H](CC(=O)N1CCC[C@H]1[C@H](OC)[C@@H](C)C(=O)N[C@@H](Cc1ccccc1)C(=O)O)OC)N(C)C(=O)[C@@H](NC(=O)[C@H](C(C)C)N(C)C(=O)OCc1ccc(O[C@@H]2O[C@H](C(=O)O)[C@@H](O)[C@H](O)[C@H]2O)c(NC(=O)CCN)c1)C(C)C. The third kappa shape index (κ3) is 17.5. The van der Waals surface area contributed by atoms with Gasteiger partial charge in [-0.15, -0.1) is 0 Å². The number of aliphatic hydroxyl groups excluding tert-OH is 3. The minimum Gasteiger partial charge on any atom is -0.480 e. The molecule has 0 aromatic heterocycles. The number of hydrogen-bond donors (Lipinski definition) is 9. The first kappa shape index (κ1) is 67.0. The second-order valence-electron chi connectivity index (χ2n) is 21.5. The Labute approximate surface area is 473 Å². The van der Waals surface area contributed by atoms with Gasteiger partial charge in [-0.3, -0.25) is 28.9 Å². The van der Waals surface area contributed by atoms with Gasteiger partial charge in [0.25, 0.3) is 0 Å². The van der Waals surface area contributed by atoms with Gasteiger partial charge in [-0.1, -0.05) is 91.3 Å². The zero-order valence-corrected chi connectivity index (χ0v) is 48.2. The maximum atomic E-state index is 14.7. The van der Waals surface area contributed by atoms with Gasteiger partial charge >= 0.3 is 18.0 Å². The molecule has 0 unspecified atom stereocenters. The molecule has 0 radical (unpaired) electrons. The Morgan fingerprint density at radius 3 is 2.06 bits per heavy atom. The van der Waals surface area contributed by atoms with Crippen LogP contribution in [0.4, 0.5) is 10.5 Å². The molecule has 10 N–H and O–H groups in total. The Balaban J connectivity index is 1.47. The van der Waals surface area contributed by atoms with Crippen molar-refractivity contribution >= 4 is 53.3 Å². The number of nitrogens with zero attached hydrogens (tertiary/aromatic N) is 3. The summed E-state index contributed by atoms with van der Waals surface area (Å²) < 4.78 is 28.5. The highest BCUT2D eigenvalue weighted by Gasteiger charge is 2.49. The fourth-order valence-corrected chi connectivity index (χ4v) is 10.4. The van der Waals surface area contributed by atoms with Crippen LogP contribution in [0.25, 0.3) is 0 Å². The number of aliphatic carboxylic acids is 2. The highest BCUT2D eigenvalue weighted by atomic mass is 16.7. The van der Waals surface area contributed by atoms with E-state index in [-0.39, 0.29) is 49.1 Å². The van der Waals surface area contributed by atoms with Crippen molar-refractivity contribution < 1.29 is 87.6 Å². The molecule has 2 aliphatic heterocycles. The van der Waals surface area contributed by atoms with Gasteiger partial charge in [-0.25, -0.2) is 14.4 Å². The normalized spacial score (nSPS) is 22.0. The van der Waals surface area contributed by atoms with Crippen LogP contribution in [-0.4, -0.2) is 202 Å². The van der Waals surface area contributed by atoms with E-state index in [0.717, 1.165) is 10.5 Å². The molecule has 2 fully saturated rings. The van der Waals surface area contributed by atoms with Gasteiger partial charge in [0.05, 0.1) is 42.3 Å². The van der Waals surface area contributed by atoms with Crippen LogP contribution in [0.1, 0.15) is 91.7 Å². The van der Waals surface area contributed by atoms with Crippen molar-refractivity contribution in [2.45, 2.75) is 167 Å². The number of carbonyl (C=O) groups is 8. The van der Waals surface area contributed by atoms with Crippen molar-refractivity contribution in [3.05, 3.63) is 59.7 Å². The molecule has 25 nitrogen and oxygen atoms in total. The Morgan fingerprint density at radius 1 is 0.827 bits per heavy atom. The molecule has 6 amide bonds. The van der Waals surface area contributed by atoms with Crippen molar-refractivity contribution in [1.29, 1.82) is 0 Å². The molecule has 2 aromatic carbocycles. The summed E-state index contributed by atoms with van der Waals surface area (Å²) in [5.74, 6) is -7.54. The van der Waals surface area contributed by atoms with Crippen molar-refractivity contribution in [1.82, 2.24) is 25.3 Å². The number of likely N-dealkylation sites (tertiary alicyclic amines) is 1. The second-order valence-corrected chi connectivity index (χ2v) is 21.5. The number of hydrogen-bond acceptors (Lipinski definition) is 17. The van der Waals surface area contributed by atoms with Crippen LogP contribution in [0, 0.1) is 23.7 Å². The van der Waals surface area contributed by atoms with Crippen LogP contribution >= 0.6 is 0 Å². The Hall–Kier alpha value is -6.48. The number of aliphatic hydroxyl groups is 3. The molecule has 2 saturated heterocycles. The van der Waals surface area contributed by atoms with Crippen LogP contribution in [-0.2, 0) is 65.5 Å². The summed E-state index contributed by atoms with van der Waals surface area (Å²) in [6.07, 6.45) is -10.7. The van der Waals surface area contributed by atoms with Crippen LogP contribution in [0.2, 0.25) is 0 Å². The summed E-state index contributed by atoms with van der Waals surface area (Å²) in [5, 5.41) is 58.6. The average Bonchev–Trinajstić information content (AvgIpc) is 3.95. The molecule has 2 aromatic rings. The molecular weight excluding hydrogens is 1060 g/mol. The maximum absolute atomic E-state index is 14.7. The van der Waals surface area contributed by atoms with Crippen molar-refractivity contribution in [3.8, 4) is 5.75 Å². The number of amides is 6. The van der Waals surface area contributed by atoms with E-state index in [1.165, 1.54) is 44.4 Å². The Kier molecular flexibility index (Phi) is 25.7. The quantitative estimate of drug-likeness (QED) is 0.0560. The van der Waals surface area contributed by atoms with Gasteiger partial charge in [0, 0.05) is 54.2 Å². The fraction of sp³-hybridized carbons (Fsp3) is 0.643. The lowest BCUT2D eigenvalue weighted by molar-refractivity contribution is -0.271. The topological polar surface area (TPSA) is 356 Å². The number of carbonyl (C=O) groups excluding carboxylic acids is 6. The van der Waals surface area contributed by atoms with E-state index in [0.29, 0.717) is 31.4 Å². The third-order valence-electron chi connectivity index (χ3n) is 15.1. The van der Waals surface area contributed by atoms with Gasteiger partial charge < -0.3 is 80.7 Å². The summed E-state index contributed by atoms with van der Waals surface area (Å²) in [6, 6.07) is 8.35. The van der Waals surface area contributed by atoms with Crippen molar-refractivity contribution in [2.75, 3.05) is 46.7 Å². The van der Waals surface area contributed by atoms with E-state index >= 15 is 0 Å². The number of likely N-dealkylation sites (N-methyl/N-ethyl adjacent to an activating group) is 2. The van der Waals surface area contributed by atoms with E-state index in [4.69, 9.17) is 29.4 Å². The predicted octanol–water partition coefficient (Wildman–Crippen LogP) is 1.71. The number of ether oxygens (including phenoxy) is 5. The minimum atomic E-state index is -1.98. The number of benzene rings is 2. The minimum absolute atomic E-state index is 0.0249. The molecule has 0 bridgehead atoms. The summed E-state index contributed by atoms with van der Waals surface area (Å²) in [6.45, 7) is 12.4. The number of nitrogens with two attached hydrogens (primary N) is 1. The number of carboxylic acid groups (broad SMARTS) is 2. The molecule has 2 heterocycles. The van der Waals surface area contributed by atoms with E-state index in [2.05, 4.69) is 16.0 Å². The lowest BCUT2D eigenvalue weighted by Gasteiger charge is -2.41. The first-order valence-electron chi connectivity index (χ1n) is 27.3. The van der Waals surface area contributed by atoms with Crippen LogP contribution in [0.5, 0.6) is 5.75 Å². The standard InChI is InChI=1S/C56H85N7O18/c1-12-31(6)44(39(77-10)27-41(65)63-24-16-19-37(63)48(78-11)32(7)50(69)59-36(53(72)73)25-33-17-14-13-15-18-33)61(8)52(71)42(29(2)3)60-51(70)43(30(4)5)62(9)56(76)79-28-34-20-21-38(35(26-34)58-40(64)22-23-57)80-55-47(68)45(66)46(67)49(81-55)54(74)75/h13-15,17-18,20-21,26,29-32,36-37,39,42-49,55,66-68H,12,16,19,22-25,27-28,57H2,1-11H3,(H,58,64)(H,59,69)(H,60,70)(H,72,73)(H,74,75)/t31-,32+,36-,37-,39+,42-,43-,44-,45-,46-,47+,48+,49-,55+/m0/s1. The van der Waals surface area contributed by atoms with Gasteiger partial charge in [-0.05, 0) is 53.9 Å². The number of carboxylic acids is 2. The molecule has 452 valence electrons. The molecule has 0 saturated carbocycles. The number of methoxy groups -OCH3 is 2. The Bertz CT molecular complexity index is 2450. The molecule has 81 heavy (non-hydrogen) atoms. The number of anilines is 1. The summed E-state index contributed by atoms with van der Waals surface area (Å²) in [5.41, 5.74) is 6.56. The number of nitrogens with one attached hydrogen (secondary N) is 3. The lowest BCUT2D eigenvalue weighted by Crippen LogP contribution is -2.61. The van der Waals surface area contributed by atoms with Crippen molar-refractivity contribution in [2.24, 2.45) is 29.4 Å². The monoisotopic (exact) mass is 1140 g/mol. The summed E-state index contributed by atoms with van der Waals surface area (Å²) in [7, 11) is 5.86. The Morgan fingerprint density at radius 2 is 1.49 bits per heavy atom. The van der Waals surface area contributed by atoms with E-state index in [9.17, 15) is 63.9 Å². The zero-order chi connectivity index (χ0) is 60.6. The predicted molar refractivity (Wildman–Crippen MR) is 293 cm³/mol. The fourth-order valence-electron chi connectivity index (χ4n) is 10.4. The van der Waals surface area contributed by atoms with Crippen LogP contribution < -0.4 is 26.4 Å². The van der Waals surface area contributed by atoms with E-state index in [1.54, 1.807) is 70.8 Å². The van der Waals surface area contributed by atoms with Crippen LogP contribution in [0.15, 0.2) is 48.5 Å². The first-order chi connectivity index (χ1) is 38.2. The number of rotatable bonds is 29. The van der Waals surface area contributed by atoms with E-state index < -0.39 is 139 Å². The largest absolute Gasteiger partial charge is 0.480 e. The summed E-state index contributed by atoms with van der Waals surface area (Å²) >= 11 is 0. The highest BCUT2D eigenvalue weighted by molar-refractivity contribution is 5.93.